The molecule has 0 saturated heterocycles. The van der Waals surface area contributed by atoms with Crippen LogP contribution in [0.5, 0.6) is 0 Å². The first-order valence-electron chi connectivity index (χ1n) is 9.16. The summed E-state index contributed by atoms with van der Waals surface area (Å²) < 4.78 is 6.66. The first-order valence-corrected chi connectivity index (χ1v) is 9.16. The molecule has 8 nitrogen and oxygen atoms in total. The normalized spacial score (nSPS) is 10.6. The van der Waals surface area contributed by atoms with E-state index in [1.807, 2.05) is 19.9 Å². The van der Waals surface area contributed by atoms with Crippen LogP contribution in [0.15, 0.2) is 24.4 Å². The van der Waals surface area contributed by atoms with Crippen molar-refractivity contribution in [1.82, 2.24) is 19.6 Å². The number of anilines is 1. The van der Waals surface area contributed by atoms with Crippen LogP contribution in [-0.2, 0) is 11.2 Å². The van der Waals surface area contributed by atoms with Crippen LogP contribution in [-0.4, -0.2) is 38.7 Å². The van der Waals surface area contributed by atoms with Crippen molar-refractivity contribution in [3.05, 3.63) is 52.6 Å². The lowest BCUT2D eigenvalue weighted by atomic mass is 10.1. The molecule has 0 aromatic carbocycles. The minimum absolute atomic E-state index is 0.335. The van der Waals surface area contributed by atoms with Gasteiger partial charge in [0, 0.05) is 24.1 Å². The zero-order chi connectivity index (χ0) is 20.1. The van der Waals surface area contributed by atoms with Gasteiger partial charge in [-0.3, -0.25) is 0 Å². The van der Waals surface area contributed by atoms with Gasteiger partial charge in [0.1, 0.15) is 17.5 Å². The SMILES string of the molecule is CCOC(=O)c1ccc(NCCCc2nn3c(C)cc(C)nc3c2C#N)nc1. The van der Waals surface area contributed by atoms with E-state index in [1.54, 1.807) is 23.6 Å². The monoisotopic (exact) mass is 378 g/mol. The number of nitriles is 1. The van der Waals surface area contributed by atoms with E-state index in [-0.39, 0.29) is 5.97 Å². The lowest BCUT2D eigenvalue weighted by Crippen LogP contribution is -2.08. The van der Waals surface area contributed by atoms with Gasteiger partial charge in [0.2, 0.25) is 0 Å². The van der Waals surface area contributed by atoms with Gasteiger partial charge in [-0.25, -0.2) is 19.3 Å². The molecule has 0 bridgehead atoms. The number of nitrogens with zero attached hydrogens (tertiary/aromatic N) is 5. The molecule has 144 valence electrons. The molecule has 8 heteroatoms. The molecule has 0 amide bonds. The molecule has 0 aliphatic rings. The van der Waals surface area contributed by atoms with Gasteiger partial charge in [-0.05, 0) is 51.8 Å². The maximum Gasteiger partial charge on any atom is 0.339 e. The summed E-state index contributed by atoms with van der Waals surface area (Å²) in [5.74, 6) is 0.299. The Morgan fingerprint density at radius 1 is 1.36 bits per heavy atom. The standard InChI is InChI=1S/C20H22N6O2/c1-4-28-20(27)15-7-8-18(23-12-15)22-9-5-6-17-16(11-21)19-24-13(2)10-14(3)26(19)25-17/h7-8,10,12H,4-6,9H2,1-3H3,(H,22,23). The number of fused-ring (bicyclic) bond motifs is 1. The minimum Gasteiger partial charge on any atom is -0.462 e. The zero-order valence-electron chi connectivity index (χ0n) is 16.2. The van der Waals surface area contributed by atoms with E-state index in [0.29, 0.717) is 42.2 Å². The van der Waals surface area contributed by atoms with E-state index in [1.165, 1.54) is 6.20 Å². The van der Waals surface area contributed by atoms with Crippen molar-refractivity contribution in [2.24, 2.45) is 0 Å². The molecule has 0 aliphatic carbocycles. The Morgan fingerprint density at radius 3 is 2.86 bits per heavy atom. The second-order valence-electron chi connectivity index (χ2n) is 6.39. The van der Waals surface area contributed by atoms with Gasteiger partial charge in [0.05, 0.1) is 17.9 Å². The number of carbonyl (C=O) groups excluding carboxylic acids is 1. The maximum atomic E-state index is 11.6. The molecule has 1 N–H and O–H groups in total. The Morgan fingerprint density at radius 2 is 2.18 bits per heavy atom. The van der Waals surface area contributed by atoms with Gasteiger partial charge in [-0.1, -0.05) is 0 Å². The smallest absolute Gasteiger partial charge is 0.339 e. The van der Waals surface area contributed by atoms with Crippen molar-refractivity contribution < 1.29 is 9.53 Å². The zero-order valence-corrected chi connectivity index (χ0v) is 16.2. The molecular weight excluding hydrogens is 356 g/mol. The van der Waals surface area contributed by atoms with Crippen LogP contribution in [0, 0.1) is 25.2 Å². The fourth-order valence-corrected chi connectivity index (χ4v) is 2.96. The summed E-state index contributed by atoms with van der Waals surface area (Å²) in [4.78, 5) is 20.3. The van der Waals surface area contributed by atoms with E-state index in [4.69, 9.17) is 4.74 Å². The van der Waals surface area contributed by atoms with Gasteiger partial charge < -0.3 is 10.1 Å². The highest BCUT2D eigenvalue weighted by Gasteiger charge is 2.15. The third-order valence-electron chi connectivity index (χ3n) is 4.25. The van der Waals surface area contributed by atoms with Crippen LogP contribution in [0.25, 0.3) is 5.65 Å². The number of pyridine rings is 1. The fraction of sp³-hybridized carbons (Fsp3) is 0.350. The van der Waals surface area contributed by atoms with Gasteiger partial charge in [-0.2, -0.15) is 10.4 Å². The second-order valence-corrected chi connectivity index (χ2v) is 6.39. The van der Waals surface area contributed by atoms with Crippen molar-refractivity contribution in [2.75, 3.05) is 18.5 Å². The van der Waals surface area contributed by atoms with Crippen LogP contribution in [0.2, 0.25) is 0 Å². The number of rotatable bonds is 7. The van der Waals surface area contributed by atoms with E-state index in [2.05, 4.69) is 26.5 Å². The number of ether oxygens (including phenoxy) is 1. The van der Waals surface area contributed by atoms with Crippen LogP contribution in [0.3, 0.4) is 0 Å². The first kappa shape index (κ1) is 19.3. The summed E-state index contributed by atoms with van der Waals surface area (Å²) in [6.45, 7) is 6.62. The number of aryl methyl sites for hydroxylation is 3. The van der Waals surface area contributed by atoms with E-state index >= 15 is 0 Å². The summed E-state index contributed by atoms with van der Waals surface area (Å²) in [7, 11) is 0. The molecule has 0 saturated carbocycles. The van der Waals surface area contributed by atoms with Crippen LogP contribution < -0.4 is 5.32 Å². The third kappa shape index (κ3) is 4.09. The van der Waals surface area contributed by atoms with Crippen molar-refractivity contribution in [2.45, 2.75) is 33.6 Å². The summed E-state index contributed by atoms with van der Waals surface area (Å²) in [5.41, 5.74) is 4.13. The van der Waals surface area contributed by atoms with Crippen LogP contribution in [0.4, 0.5) is 5.82 Å². The van der Waals surface area contributed by atoms with Gasteiger partial charge in [0.25, 0.3) is 0 Å². The summed E-state index contributed by atoms with van der Waals surface area (Å²) >= 11 is 0. The Bertz CT molecular complexity index is 1030. The predicted molar refractivity (Wildman–Crippen MR) is 104 cm³/mol. The molecule has 3 heterocycles. The second kappa shape index (κ2) is 8.48. The van der Waals surface area contributed by atoms with Gasteiger partial charge >= 0.3 is 5.97 Å². The lowest BCUT2D eigenvalue weighted by molar-refractivity contribution is 0.0526. The predicted octanol–water partition coefficient (Wildman–Crippen LogP) is 2.83. The minimum atomic E-state index is -0.378. The maximum absolute atomic E-state index is 11.6. The highest BCUT2D eigenvalue weighted by molar-refractivity contribution is 5.89. The Hall–Kier alpha value is -3.47. The largest absolute Gasteiger partial charge is 0.462 e. The molecule has 28 heavy (non-hydrogen) atoms. The summed E-state index contributed by atoms with van der Waals surface area (Å²) in [5, 5.41) is 17.3. The number of hydrogen-bond acceptors (Lipinski definition) is 7. The Kier molecular flexibility index (Phi) is 5.84. The average Bonchev–Trinajstić information content (AvgIpc) is 3.03. The van der Waals surface area contributed by atoms with Crippen LogP contribution >= 0.6 is 0 Å². The highest BCUT2D eigenvalue weighted by Crippen LogP contribution is 2.17. The molecule has 3 aromatic rings. The van der Waals surface area contributed by atoms with Crippen molar-refractivity contribution in [3.63, 3.8) is 0 Å². The Balaban J connectivity index is 1.61. The molecule has 0 radical (unpaired) electrons. The molecule has 0 aliphatic heterocycles. The van der Waals surface area contributed by atoms with E-state index in [0.717, 1.165) is 23.5 Å². The molecular formula is C20H22N6O2. The number of hydrogen-bond donors (Lipinski definition) is 1. The molecule has 0 atom stereocenters. The molecule has 0 spiro atoms. The number of esters is 1. The van der Waals surface area contributed by atoms with Crippen LogP contribution in [0.1, 0.15) is 46.3 Å². The quantitative estimate of drug-likeness (QED) is 0.498. The molecule has 3 rings (SSSR count). The molecule has 0 unspecified atom stereocenters. The Labute approximate surface area is 163 Å². The fourth-order valence-electron chi connectivity index (χ4n) is 2.96. The van der Waals surface area contributed by atoms with E-state index in [9.17, 15) is 10.1 Å². The number of aromatic nitrogens is 4. The number of carbonyl (C=O) groups is 1. The highest BCUT2D eigenvalue weighted by atomic mass is 16.5. The number of nitrogens with one attached hydrogen (secondary N) is 1. The molecule has 3 aromatic heterocycles. The summed E-state index contributed by atoms with van der Waals surface area (Å²) in [6.07, 6.45) is 2.92. The van der Waals surface area contributed by atoms with Crippen molar-refractivity contribution in [3.8, 4) is 6.07 Å². The van der Waals surface area contributed by atoms with Gasteiger partial charge in [0.15, 0.2) is 5.65 Å². The first-order chi connectivity index (χ1) is 13.5. The average molecular weight is 378 g/mol. The van der Waals surface area contributed by atoms with Crippen molar-refractivity contribution in [1.29, 1.82) is 5.26 Å². The van der Waals surface area contributed by atoms with Gasteiger partial charge in [-0.15, -0.1) is 0 Å². The summed E-state index contributed by atoms with van der Waals surface area (Å²) in [6, 6.07) is 7.60. The lowest BCUT2D eigenvalue weighted by Gasteiger charge is -2.06. The third-order valence-corrected chi connectivity index (χ3v) is 4.25. The topological polar surface area (TPSA) is 105 Å². The van der Waals surface area contributed by atoms with E-state index < -0.39 is 0 Å². The van der Waals surface area contributed by atoms with Crippen molar-refractivity contribution >= 4 is 17.4 Å². The molecule has 0 fully saturated rings.